The fourth-order valence-electron chi connectivity index (χ4n) is 7.49. The lowest BCUT2D eigenvalue weighted by molar-refractivity contribution is 0.0610. The number of ether oxygens (including phenoxy) is 2. The van der Waals surface area contributed by atoms with Crippen LogP contribution < -0.4 is 9.62 Å². The van der Waals surface area contributed by atoms with Crippen molar-refractivity contribution in [1.82, 2.24) is 28.7 Å². The molecule has 7 rings (SSSR count). The standard InChI is InChI=1S/C23H33N5O3S.C18H27N3O/c1-16-24-14-21(26(16)5)32(29,30)27(6)18-7-8-20-19(13-18)25-22(23(2,3)4)28(20)15-17-9-11-31-12-10-17;1-18(2,3)17-20-15-11-14(19-4)5-6-16(15)21(17)12-13-7-9-22-10-8-13/h7-8,13-14,17H,9-12,15H2,1-6H3;5-6,11,13,19H,7-10,12H2,1-4H3. The smallest absolute Gasteiger partial charge is 0.281 e. The van der Waals surface area contributed by atoms with Gasteiger partial charge in [-0.3, -0.25) is 4.31 Å². The Bertz CT molecular complexity index is 2180. The van der Waals surface area contributed by atoms with Crippen LogP contribution in [-0.2, 0) is 50.5 Å². The Balaban J connectivity index is 0.000000197. The van der Waals surface area contributed by atoms with Gasteiger partial charge in [0.05, 0.1) is 34.0 Å². The van der Waals surface area contributed by atoms with E-state index in [-0.39, 0.29) is 15.9 Å². The van der Waals surface area contributed by atoms with E-state index in [1.54, 1.807) is 25.6 Å². The monoisotopic (exact) mass is 760 g/mol. The molecule has 2 aromatic carbocycles. The lowest BCUT2D eigenvalue weighted by Gasteiger charge is -2.26. The molecule has 0 saturated carbocycles. The van der Waals surface area contributed by atoms with Crippen LogP contribution in [0.3, 0.4) is 0 Å². The summed E-state index contributed by atoms with van der Waals surface area (Å²) < 4.78 is 45.1. The van der Waals surface area contributed by atoms with E-state index in [4.69, 9.17) is 19.4 Å². The molecule has 5 aromatic rings. The number of aromatic nitrogens is 6. The number of rotatable bonds is 8. The average Bonchev–Trinajstić information content (AvgIpc) is 3.81. The Labute approximate surface area is 321 Å². The molecular formula is C41H60N8O4S. The first-order chi connectivity index (χ1) is 25.5. The predicted molar refractivity (Wildman–Crippen MR) is 217 cm³/mol. The third kappa shape index (κ3) is 8.33. The number of anilines is 2. The van der Waals surface area contributed by atoms with Crippen LogP contribution >= 0.6 is 0 Å². The number of fused-ring (bicyclic) bond motifs is 2. The normalized spacial score (nSPS) is 16.5. The van der Waals surface area contributed by atoms with Gasteiger partial charge in [-0.25, -0.2) is 15.0 Å². The second-order valence-corrected chi connectivity index (χ2v) is 18.9. The predicted octanol–water partition coefficient (Wildman–Crippen LogP) is 7.43. The highest BCUT2D eigenvalue weighted by molar-refractivity contribution is 7.92. The van der Waals surface area contributed by atoms with Crippen LogP contribution in [0.1, 0.15) is 84.7 Å². The van der Waals surface area contributed by atoms with Gasteiger partial charge >= 0.3 is 0 Å². The highest BCUT2D eigenvalue weighted by Crippen LogP contribution is 2.33. The van der Waals surface area contributed by atoms with E-state index in [0.717, 1.165) is 93.3 Å². The van der Waals surface area contributed by atoms with E-state index in [0.29, 0.717) is 23.3 Å². The summed E-state index contributed by atoms with van der Waals surface area (Å²) in [6, 6.07) is 12.2. The van der Waals surface area contributed by atoms with Gasteiger partial charge < -0.3 is 28.5 Å². The number of hydrogen-bond acceptors (Lipinski definition) is 8. The molecule has 13 heteroatoms. The molecular weight excluding hydrogens is 701 g/mol. The lowest BCUT2D eigenvalue weighted by atomic mass is 9.94. The largest absolute Gasteiger partial charge is 0.388 e. The first kappa shape index (κ1) is 39.7. The molecule has 2 saturated heterocycles. The lowest BCUT2D eigenvalue weighted by Crippen LogP contribution is -2.28. The van der Waals surface area contributed by atoms with Crippen molar-refractivity contribution >= 4 is 43.5 Å². The number of benzene rings is 2. The first-order valence-corrected chi connectivity index (χ1v) is 20.7. The summed E-state index contributed by atoms with van der Waals surface area (Å²) in [6.07, 6.45) is 5.80. The van der Waals surface area contributed by atoms with Gasteiger partial charge in [-0.05, 0) is 80.8 Å². The van der Waals surface area contributed by atoms with Crippen molar-refractivity contribution in [2.24, 2.45) is 18.9 Å². The summed E-state index contributed by atoms with van der Waals surface area (Å²) >= 11 is 0. The third-order valence-corrected chi connectivity index (χ3v) is 12.7. The summed E-state index contributed by atoms with van der Waals surface area (Å²) in [5.74, 6) is 4.09. The van der Waals surface area contributed by atoms with E-state index in [1.165, 1.54) is 21.8 Å². The maximum Gasteiger partial charge on any atom is 0.281 e. The van der Waals surface area contributed by atoms with Gasteiger partial charge in [-0.15, -0.1) is 0 Å². The van der Waals surface area contributed by atoms with Gasteiger partial charge in [0, 0.05) is 77.2 Å². The maximum atomic E-state index is 13.2. The Morgan fingerprint density at radius 1 is 0.796 bits per heavy atom. The van der Waals surface area contributed by atoms with Crippen LogP contribution in [0.5, 0.6) is 0 Å². The van der Waals surface area contributed by atoms with Crippen molar-refractivity contribution in [1.29, 1.82) is 0 Å². The zero-order valence-corrected chi connectivity index (χ0v) is 34.8. The molecule has 0 bridgehead atoms. The molecule has 2 fully saturated rings. The Morgan fingerprint density at radius 3 is 1.72 bits per heavy atom. The van der Waals surface area contributed by atoms with Crippen LogP contribution in [0.2, 0.25) is 0 Å². The molecule has 0 spiro atoms. The molecule has 5 heterocycles. The van der Waals surface area contributed by atoms with Crippen molar-refractivity contribution in [3.63, 3.8) is 0 Å². The zero-order valence-electron chi connectivity index (χ0n) is 33.9. The molecule has 54 heavy (non-hydrogen) atoms. The minimum Gasteiger partial charge on any atom is -0.388 e. The minimum atomic E-state index is -3.74. The van der Waals surface area contributed by atoms with Crippen LogP contribution in [0, 0.1) is 18.8 Å². The second-order valence-electron chi connectivity index (χ2n) is 17.0. The van der Waals surface area contributed by atoms with Crippen LogP contribution in [0.15, 0.2) is 47.6 Å². The van der Waals surface area contributed by atoms with Gasteiger partial charge in [-0.2, -0.15) is 8.42 Å². The maximum absolute atomic E-state index is 13.2. The second kappa shape index (κ2) is 15.7. The number of aryl methyl sites for hydroxylation is 1. The summed E-state index contributed by atoms with van der Waals surface area (Å²) in [5.41, 5.74) is 5.78. The van der Waals surface area contributed by atoms with Gasteiger partial charge in [0.15, 0.2) is 5.03 Å². The summed E-state index contributed by atoms with van der Waals surface area (Å²) in [4.78, 5) is 14.0. The van der Waals surface area contributed by atoms with Crippen molar-refractivity contribution < 1.29 is 17.9 Å². The van der Waals surface area contributed by atoms with Crippen molar-refractivity contribution in [2.75, 3.05) is 50.1 Å². The van der Waals surface area contributed by atoms with E-state index < -0.39 is 10.0 Å². The van der Waals surface area contributed by atoms with Crippen molar-refractivity contribution in [2.45, 2.75) is 103 Å². The topological polar surface area (TPSA) is 121 Å². The van der Waals surface area contributed by atoms with E-state index >= 15 is 0 Å². The highest BCUT2D eigenvalue weighted by Gasteiger charge is 2.29. The molecule has 1 N–H and O–H groups in total. The molecule has 3 aromatic heterocycles. The van der Waals surface area contributed by atoms with Crippen LogP contribution in [-0.4, -0.2) is 77.6 Å². The molecule has 294 valence electrons. The van der Waals surface area contributed by atoms with Gasteiger partial charge in [-0.1, -0.05) is 41.5 Å². The number of sulfonamides is 1. The minimum absolute atomic E-state index is 0.0456. The van der Waals surface area contributed by atoms with Gasteiger partial charge in [0.25, 0.3) is 10.0 Å². The average molecular weight is 761 g/mol. The van der Waals surface area contributed by atoms with Crippen molar-refractivity contribution in [3.8, 4) is 0 Å². The molecule has 0 amide bonds. The summed E-state index contributed by atoms with van der Waals surface area (Å²) in [5, 5.41) is 3.37. The Hall–Kier alpha value is -3.94. The molecule has 0 unspecified atom stereocenters. The van der Waals surface area contributed by atoms with Crippen LogP contribution in [0.25, 0.3) is 22.1 Å². The number of hydrogen-bond donors (Lipinski definition) is 1. The summed E-state index contributed by atoms with van der Waals surface area (Å²) in [6.45, 7) is 20.4. The Morgan fingerprint density at radius 2 is 1.28 bits per heavy atom. The molecule has 2 aliphatic rings. The van der Waals surface area contributed by atoms with E-state index in [2.05, 4.69) is 79.2 Å². The summed E-state index contributed by atoms with van der Waals surface area (Å²) in [7, 11) is 1.49. The number of nitrogens with zero attached hydrogens (tertiary/aromatic N) is 7. The van der Waals surface area contributed by atoms with E-state index in [9.17, 15) is 8.42 Å². The van der Waals surface area contributed by atoms with Crippen LogP contribution in [0.4, 0.5) is 11.4 Å². The molecule has 0 atom stereocenters. The quantitative estimate of drug-likeness (QED) is 0.174. The molecule has 0 aliphatic carbocycles. The third-order valence-electron chi connectivity index (χ3n) is 10.8. The SMILES string of the molecule is CNc1ccc2c(c1)nc(C(C)(C)C)n2CC1CCOCC1.Cc1ncc(S(=O)(=O)N(C)c2ccc3c(c2)nc(C(C)(C)C)n3CC2CCOCC2)n1C. The highest BCUT2D eigenvalue weighted by atomic mass is 32.2. The fraction of sp³-hybridized carbons (Fsp3) is 0.585. The first-order valence-electron chi connectivity index (χ1n) is 19.3. The molecule has 12 nitrogen and oxygen atoms in total. The fourth-order valence-corrected chi connectivity index (χ4v) is 8.82. The zero-order chi connectivity index (χ0) is 39.0. The number of imidazole rings is 3. The Kier molecular flexibility index (Phi) is 11.5. The van der Waals surface area contributed by atoms with E-state index in [1.807, 2.05) is 25.2 Å². The van der Waals surface area contributed by atoms with Gasteiger partial charge in [0.1, 0.15) is 17.5 Å². The molecule has 2 aliphatic heterocycles. The molecule has 0 radical (unpaired) electrons. The van der Waals surface area contributed by atoms with Crippen molar-refractivity contribution in [3.05, 3.63) is 60.1 Å². The van der Waals surface area contributed by atoms with Gasteiger partial charge in [0.2, 0.25) is 0 Å². The number of nitrogens with one attached hydrogen (secondary N) is 1.